The van der Waals surface area contributed by atoms with Crippen LogP contribution in [0.25, 0.3) is 0 Å². The van der Waals surface area contributed by atoms with Gasteiger partial charge in [0, 0.05) is 11.3 Å². The summed E-state index contributed by atoms with van der Waals surface area (Å²) >= 11 is 1.61. The van der Waals surface area contributed by atoms with Crippen molar-refractivity contribution in [1.29, 1.82) is 0 Å². The maximum Gasteiger partial charge on any atom is 0.272 e. The van der Waals surface area contributed by atoms with Gasteiger partial charge in [-0.25, -0.2) is 8.78 Å². The zero-order valence-corrected chi connectivity index (χ0v) is 9.17. The Morgan fingerprint density at radius 3 is 2.60 bits per heavy atom. The number of rotatable bonds is 1. The van der Waals surface area contributed by atoms with E-state index in [-0.39, 0.29) is 6.42 Å². The number of alkyl halides is 2. The second kappa shape index (κ2) is 2.80. The normalized spacial score (nSPS) is 32.5. The summed E-state index contributed by atoms with van der Waals surface area (Å²) in [7, 11) is 0. The van der Waals surface area contributed by atoms with E-state index in [2.05, 4.69) is 0 Å². The van der Waals surface area contributed by atoms with E-state index in [1.165, 1.54) is 11.3 Å². The Labute approximate surface area is 91.3 Å². The lowest BCUT2D eigenvalue weighted by molar-refractivity contribution is 0.0889. The van der Waals surface area contributed by atoms with Crippen LogP contribution in [-0.2, 0) is 18.4 Å². The minimum Gasteiger partial charge on any atom is -0.316 e. The number of hydrogen-bond acceptors (Lipinski definition) is 2. The molecule has 1 unspecified atom stereocenters. The van der Waals surface area contributed by atoms with Crippen LogP contribution in [0.15, 0.2) is 5.38 Å². The first-order chi connectivity index (χ1) is 7.05. The summed E-state index contributed by atoms with van der Waals surface area (Å²) in [6.45, 7) is 0. The molecule has 0 radical (unpaired) electrons. The minimum atomic E-state index is -2.68. The third-order valence-electron chi connectivity index (χ3n) is 3.57. The lowest BCUT2D eigenvalue weighted by atomic mass is 9.92. The lowest BCUT2D eigenvalue weighted by Crippen LogP contribution is -2.28. The summed E-state index contributed by atoms with van der Waals surface area (Å²) in [6, 6.07) is 0. The van der Waals surface area contributed by atoms with Crippen molar-refractivity contribution >= 4 is 11.3 Å². The van der Waals surface area contributed by atoms with Gasteiger partial charge in [-0.3, -0.25) is 0 Å². The molecule has 2 N–H and O–H groups in total. The van der Waals surface area contributed by atoms with Gasteiger partial charge in [-0.2, -0.15) is 0 Å². The standard InChI is InChI=1S/C11H13F2NS/c12-11(13)6-10(11,14)8-5-15-9-4-2-1-3-7(8)9/h5H,1-4,6,14H2. The Kier molecular flexibility index (Phi) is 1.81. The highest BCUT2D eigenvalue weighted by Crippen LogP contribution is 2.59. The van der Waals surface area contributed by atoms with E-state index in [1.54, 1.807) is 11.3 Å². The molecule has 2 aliphatic rings. The molecule has 1 aromatic heterocycles. The first-order valence-electron chi connectivity index (χ1n) is 5.31. The molecule has 3 rings (SSSR count). The molecule has 0 bridgehead atoms. The van der Waals surface area contributed by atoms with Crippen molar-refractivity contribution in [3.63, 3.8) is 0 Å². The number of aryl methyl sites for hydroxylation is 1. The molecule has 4 heteroatoms. The highest BCUT2D eigenvalue weighted by atomic mass is 32.1. The average Bonchev–Trinajstić information content (AvgIpc) is 2.61. The molecule has 82 valence electrons. The van der Waals surface area contributed by atoms with Gasteiger partial charge < -0.3 is 5.73 Å². The van der Waals surface area contributed by atoms with E-state index in [0.29, 0.717) is 0 Å². The van der Waals surface area contributed by atoms with Gasteiger partial charge in [0.2, 0.25) is 0 Å². The van der Waals surface area contributed by atoms with E-state index in [0.717, 1.165) is 30.4 Å². The molecule has 1 atom stereocenters. The van der Waals surface area contributed by atoms with Crippen LogP contribution >= 0.6 is 11.3 Å². The molecule has 2 aliphatic carbocycles. The van der Waals surface area contributed by atoms with Crippen LogP contribution in [0.5, 0.6) is 0 Å². The van der Waals surface area contributed by atoms with Crippen molar-refractivity contribution in [1.82, 2.24) is 0 Å². The highest BCUT2D eigenvalue weighted by molar-refractivity contribution is 7.10. The predicted octanol–water partition coefficient (Wildman–Crippen LogP) is 2.82. The summed E-state index contributed by atoms with van der Waals surface area (Å²) < 4.78 is 26.4. The van der Waals surface area contributed by atoms with Gasteiger partial charge in [0.1, 0.15) is 5.54 Å². The fourth-order valence-corrected chi connectivity index (χ4v) is 3.70. The smallest absolute Gasteiger partial charge is 0.272 e. The van der Waals surface area contributed by atoms with E-state index in [1.807, 2.05) is 5.38 Å². The monoisotopic (exact) mass is 229 g/mol. The van der Waals surface area contributed by atoms with E-state index < -0.39 is 11.5 Å². The second-order valence-electron chi connectivity index (χ2n) is 4.61. The van der Waals surface area contributed by atoms with Gasteiger partial charge in [0.25, 0.3) is 5.92 Å². The molecule has 1 heterocycles. The molecule has 0 aliphatic heterocycles. The summed E-state index contributed by atoms with van der Waals surface area (Å²) in [5, 5.41) is 1.86. The van der Waals surface area contributed by atoms with Crippen LogP contribution in [0.1, 0.15) is 35.3 Å². The first-order valence-corrected chi connectivity index (χ1v) is 6.19. The zero-order chi connectivity index (χ0) is 10.7. The SMILES string of the molecule is NC1(c2csc3c2CCCC3)CC1(F)F. The Morgan fingerprint density at radius 1 is 1.27 bits per heavy atom. The Balaban J connectivity index is 2.03. The van der Waals surface area contributed by atoms with Gasteiger partial charge in [0.05, 0.1) is 0 Å². The van der Waals surface area contributed by atoms with Crippen molar-refractivity contribution in [2.24, 2.45) is 5.73 Å². The Bertz CT molecular complexity index is 413. The van der Waals surface area contributed by atoms with E-state index in [4.69, 9.17) is 5.73 Å². The summed E-state index contributed by atoms with van der Waals surface area (Å²) in [6.07, 6.45) is 4.09. The maximum atomic E-state index is 13.2. The number of fused-ring (bicyclic) bond motifs is 1. The van der Waals surface area contributed by atoms with Gasteiger partial charge in [-0.05, 0) is 42.2 Å². The van der Waals surface area contributed by atoms with Gasteiger partial charge in [0.15, 0.2) is 0 Å². The third-order valence-corrected chi connectivity index (χ3v) is 4.66. The van der Waals surface area contributed by atoms with Crippen molar-refractivity contribution in [2.45, 2.75) is 43.6 Å². The van der Waals surface area contributed by atoms with Crippen LogP contribution in [-0.4, -0.2) is 5.92 Å². The fourth-order valence-electron chi connectivity index (χ4n) is 2.47. The molecule has 0 amide bonds. The van der Waals surface area contributed by atoms with E-state index >= 15 is 0 Å². The van der Waals surface area contributed by atoms with Crippen LogP contribution in [0.2, 0.25) is 0 Å². The molecule has 1 aromatic rings. The van der Waals surface area contributed by atoms with Crippen molar-refractivity contribution in [2.75, 3.05) is 0 Å². The minimum absolute atomic E-state index is 0.177. The Hall–Kier alpha value is -0.480. The number of halogens is 2. The molecule has 0 aromatic carbocycles. The second-order valence-corrected chi connectivity index (χ2v) is 5.57. The van der Waals surface area contributed by atoms with Gasteiger partial charge >= 0.3 is 0 Å². The fraction of sp³-hybridized carbons (Fsp3) is 0.636. The van der Waals surface area contributed by atoms with Crippen molar-refractivity contribution in [3.05, 3.63) is 21.4 Å². The summed E-state index contributed by atoms with van der Waals surface area (Å²) in [5.74, 6) is -2.68. The molecule has 1 fully saturated rings. The number of nitrogens with two attached hydrogens (primary N) is 1. The third kappa shape index (κ3) is 1.21. The topological polar surface area (TPSA) is 26.0 Å². The number of thiophene rings is 1. The molecule has 15 heavy (non-hydrogen) atoms. The number of hydrogen-bond donors (Lipinski definition) is 1. The van der Waals surface area contributed by atoms with E-state index in [9.17, 15) is 8.78 Å². The zero-order valence-electron chi connectivity index (χ0n) is 8.35. The first kappa shape index (κ1) is 9.73. The molecular weight excluding hydrogens is 216 g/mol. The van der Waals surface area contributed by atoms with Crippen LogP contribution in [0.3, 0.4) is 0 Å². The molecule has 1 nitrogen and oxygen atoms in total. The highest BCUT2D eigenvalue weighted by Gasteiger charge is 2.70. The summed E-state index contributed by atoms with van der Waals surface area (Å²) in [5.41, 5.74) is 6.29. The quantitative estimate of drug-likeness (QED) is 0.787. The molecule has 0 saturated heterocycles. The largest absolute Gasteiger partial charge is 0.316 e. The maximum absolute atomic E-state index is 13.2. The molecule has 1 saturated carbocycles. The summed E-state index contributed by atoms with van der Waals surface area (Å²) in [4.78, 5) is 1.28. The molecule has 0 spiro atoms. The average molecular weight is 229 g/mol. The van der Waals surface area contributed by atoms with Crippen LogP contribution in [0.4, 0.5) is 8.78 Å². The van der Waals surface area contributed by atoms with Gasteiger partial charge in [-0.1, -0.05) is 0 Å². The van der Waals surface area contributed by atoms with Gasteiger partial charge in [-0.15, -0.1) is 11.3 Å². The molecular formula is C11H13F2NS. The van der Waals surface area contributed by atoms with Crippen molar-refractivity contribution < 1.29 is 8.78 Å². The van der Waals surface area contributed by atoms with Crippen molar-refractivity contribution in [3.8, 4) is 0 Å². The lowest BCUT2D eigenvalue weighted by Gasteiger charge is -2.16. The van der Waals surface area contributed by atoms with Crippen LogP contribution in [0, 0.1) is 0 Å². The Morgan fingerprint density at radius 2 is 1.93 bits per heavy atom. The predicted molar refractivity (Wildman–Crippen MR) is 56.4 cm³/mol. The van der Waals surface area contributed by atoms with Crippen LogP contribution < -0.4 is 5.73 Å².